The van der Waals surface area contributed by atoms with Gasteiger partial charge in [0.2, 0.25) is 0 Å². The van der Waals surface area contributed by atoms with Gasteiger partial charge in [-0.1, -0.05) is 253 Å². The van der Waals surface area contributed by atoms with E-state index in [1.807, 2.05) is 121 Å². The molecule has 5 nitrogen and oxygen atoms in total. The van der Waals surface area contributed by atoms with Gasteiger partial charge in [-0.2, -0.15) is 12.1 Å². The number of benzene rings is 10. The summed E-state index contributed by atoms with van der Waals surface area (Å²) in [5.41, 5.74) is 24.3. The van der Waals surface area contributed by atoms with Crippen molar-refractivity contribution in [1.82, 2.24) is 24.9 Å². The van der Waals surface area contributed by atoms with Crippen LogP contribution in [-0.2, 0) is 137 Å². The second-order valence-corrected chi connectivity index (χ2v) is 33.5. The van der Waals surface area contributed by atoms with Crippen molar-refractivity contribution < 1.29 is 135 Å². The first kappa shape index (κ1) is 95.2. The molecule has 17 aromatic rings. The number of nitrogens with zero attached hydrogens (tertiary/aromatic N) is 5. The molecular formula is C94H76F3Ir6N5P3S2-5. The van der Waals surface area contributed by atoms with Crippen molar-refractivity contribution in [2.75, 3.05) is 0 Å². The number of aromatic nitrogens is 5. The van der Waals surface area contributed by atoms with Crippen molar-refractivity contribution in [1.29, 1.82) is 0 Å². The van der Waals surface area contributed by atoms with Gasteiger partial charge in [-0.05, 0) is 128 Å². The van der Waals surface area contributed by atoms with Crippen molar-refractivity contribution in [2.24, 2.45) is 0 Å². The maximum atomic E-state index is 4.88. The molecule has 0 saturated carbocycles. The predicted octanol–water partition coefficient (Wildman–Crippen LogP) is 26.1. The van der Waals surface area contributed by atoms with Crippen LogP contribution >= 0.6 is 48.5 Å². The summed E-state index contributed by atoms with van der Waals surface area (Å²) >= 11 is 3.41. The molecule has 7 aromatic heterocycles. The van der Waals surface area contributed by atoms with E-state index in [4.69, 9.17) is 4.98 Å². The SMILES string of the molecule is CC1(C)c2ccccc2-c2c[c-]c(-c3cc4c(cn3)-c3ccccc3C4(C)C)cc21.CC1(C)c2ccccc2-c2c[c-]c(-c3nccc4ccccc34)cc21.F.F.F.PPP.[Ir].[Ir].[Ir].[Ir].[Ir].[Ir].[c-]1c(-c2ccccn2)sc2ccccc12.[c-]1ccccc1-c1nccc2ccccc12.[c-]1ccsc1-c1nccc2ccccc12. The van der Waals surface area contributed by atoms with Crippen LogP contribution in [0.3, 0.4) is 0 Å². The van der Waals surface area contributed by atoms with Crippen LogP contribution in [-0.4, -0.2) is 24.9 Å². The van der Waals surface area contributed by atoms with Crippen molar-refractivity contribution in [3.63, 3.8) is 0 Å². The van der Waals surface area contributed by atoms with Crippen molar-refractivity contribution in [3.8, 4) is 88.3 Å². The molecule has 0 saturated heterocycles. The first-order valence-electron chi connectivity index (χ1n) is 34.7. The number of fused-ring (bicyclic) bond motifs is 13. The average Bonchev–Trinajstić information content (AvgIpc) is 1.59. The van der Waals surface area contributed by atoms with E-state index >= 15 is 0 Å². The summed E-state index contributed by atoms with van der Waals surface area (Å²) in [6.45, 7) is 13.9. The Labute approximate surface area is 755 Å². The molecular weight excluding hydrogens is 2570 g/mol. The van der Waals surface area contributed by atoms with Gasteiger partial charge >= 0.3 is 0 Å². The zero-order valence-electron chi connectivity index (χ0n) is 61.8. The number of hydrogen-bond donors (Lipinski definition) is 0. The molecule has 20 rings (SSSR count). The quantitative estimate of drug-likeness (QED) is 0.127. The third-order valence-corrected chi connectivity index (χ3v) is 21.9. The summed E-state index contributed by atoms with van der Waals surface area (Å²) in [7, 11) is 6.06. The molecule has 6 radical (unpaired) electrons. The second-order valence-electron chi connectivity index (χ2n) is 27.2. The van der Waals surface area contributed by atoms with E-state index in [0.717, 1.165) is 62.9 Å². The number of hydrogen-bond acceptors (Lipinski definition) is 7. The Morgan fingerprint density at radius 1 is 0.336 bits per heavy atom. The number of rotatable bonds is 5. The van der Waals surface area contributed by atoms with E-state index in [2.05, 4.69) is 292 Å². The van der Waals surface area contributed by atoms with Gasteiger partial charge in [0, 0.05) is 168 Å². The van der Waals surface area contributed by atoms with Crippen LogP contribution < -0.4 is 0 Å². The van der Waals surface area contributed by atoms with Gasteiger partial charge in [-0.3, -0.25) is 14.1 Å². The summed E-state index contributed by atoms with van der Waals surface area (Å²) in [6.07, 6.45) is 9.45. The largest absolute Gasteiger partial charge is 0.318 e. The smallest absolute Gasteiger partial charge is 0.0242 e. The molecule has 0 amide bonds. The minimum Gasteiger partial charge on any atom is -0.318 e. The summed E-state index contributed by atoms with van der Waals surface area (Å²) in [4.78, 5) is 25.0. The first-order chi connectivity index (χ1) is 50.8. The molecule has 3 aliphatic carbocycles. The molecule has 0 spiro atoms. The van der Waals surface area contributed by atoms with Crippen LogP contribution in [0, 0.1) is 30.3 Å². The zero-order chi connectivity index (χ0) is 71.4. The Kier molecular flexibility index (Phi) is 35.8. The Morgan fingerprint density at radius 2 is 0.770 bits per heavy atom. The second kappa shape index (κ2) is 42.5. The molecule has 0 aliphatic heterocycles. The monoisotopic (exact) mass is 2650 g/mol. The Morgan fingerprint density at radius 3 is 1.27 bits per heavy atom. The van der Waals surface area contributed by atoms with Crippen molar-refractivity contribution in [3.05, 3.63) is 367 Å². The number of thiophene rings is 2. The molecule has 19 heteroatoms. The van der Waals surface area contributed by atoms with Crippen LogP contribution in [0.15, 0.2) is 303 Å². The summed E-state index contributed by atoms with van der Waals surface area (Å²) < 4.78 is 1.26. The maximum Gasteiger partial charge on any atom is 0.0242 e. The fourth-order valence-corrected chi connectivity index (χ4v) is 16.4. The van der Waals surface area contributed by atoms with Crippen molar-refractivity contribution >= 4 is 90.9 Å². The standard InChI is InChI=1S/C29H24N.C24H18N.C15H10N.2C13H8NS.3FH.6Ir.H5P3/c1-28(2)23-11-7-5-9-19(23)21-14-13-18(15-25(21)28)27-16-26-22(17-30-27)20-10-6-8-12-24(20)29(26,3)4;1-24(2)21-10-6-5-9-19(21)20-12-11-17(15-22(20)24)23-18-8-4-3-7-16(18)13-14-25-23;1-2-7-13(8-3-1)15-14-9-5-4-6-12(14)10-11-16-15;1-2-7-12-10(5-1)9-13(15-12)11-6-3-4-8-14-11;1-2-5-11-10(4-1)7-8-14-13(11)12-6-3-9-15-12;;;;;;;;;;1-3-2/h5-12,14-17H,1-4H3;3-10,12-15H,1-2H3;1-7,9-11H;1-8H;1-5,7-9H;3*1H;;;;;;;3H,1-2H2/q5*-1;;;;;;;;;;. The van der Waals surface area contributed by atoms with Gasteiger partial charge in [0.25, 0.3) is 0 Å². The molecule has 0 N–H and O–H groups in total. The first-order valence-corrected chi connectivity index (χ1v) is 41.0. The Balaban J connectivity index is 0.000000219. The van der Waals surface area contributed by atoms with E-state index in [1.54, 1.807) is 22.7 Å². The molecule has 2 atom stereocenters. The Hall–Kier alpha value is -6.63. The minimum absolute atomic E-state index is 0. The topological polar surface area (TPSA) is 64.5 Å². The van der Waals surface area contributed by atoms with Crippen LogP contribution in [0.1, 0.15) is 74.9 Å². The van der Waals surface area contributed by atoms with Gasteiger partial charge in [-0.15, -0.1) is 141 Å². The molecule has 10 aromatic carbocycles. The molecule has 0 bridgehead atoms. The van der Waals surface area contributed by atoms with Gasteiger partial charge in [-0.25, -0.2) is 22.7 Å². The molecule has 0 fully saturated rings. The van der Waals surface area contributed by atoms with E-state index in [0.29, 0.717) is 0 Å². The summed E-state index contributed by atoms with van der Waals surface area (Å²) in [6, 6.07) is 109. The summed E-state index contributed by atoms with van der Waals surface area (Å²) in [5, 5.41) is 10.4. The van der Waals surface area contributed by atoms with Gasteiger partial charge < -0.3 is 24.9 Å². The van der Waals surface area contributed by atoms with E-state index in [-0.39, 0.29) is 151 Å². The number of halogens is 3. The van der Waals surface area contributed by atoms with Crippen molar-refractivity contribution in [2.45, 2.75) is 57.8 Å². The maximum absolute atomic E-state index is 4.88. The van der Waals surface area contributed by atoms with Crippen LogP contribution in [0.2, 0.25) is 0 Å². The van der Waals surface area contributed by atoms with Crippen LogP contribution in [0.4, 0.5) is 14.1 Å². The van der Waals surface area contributed by atoms with E-state index in [9.17, 15) is 0 Å². The van der Waals surface area contributed by atoms with Gasteiger partial charge in [0.1, 0.15) is 0 Å². The van der Waals surface area contributed by atoms with Gasteiger partial charge in [0.05, 0.1) is 0 Å². The van der Waals surface area contributed by atoms with E-state index in [1.165, 1.54) is 109 Å². The molecule has 2 unspecified atom stereocenters. The average molecular weight is 2640 g/mol. The van der Waals surface area contributed by atoms with Crippen LogP contribution in [0.5, 0.6) is 0 Å². The fraction of sp³-hybridized carbons (Fsp3) is 0.0957. The van der Waals surface area contributed by atoms with Crippen LogP contribution in [0.25, 0.3) is 131 Å². The third-order valence-electron chi connectivity index (χ3n) is 19.9. The third kappa shape index (κ3) is 19.8. The van der Waals surface area contributed by atoms with Gasteiger partial charge in [0.15, 0.2) is 0 Å². The fourth-order valence-electron chi connectivity index (χ4n) is 14.7. The molecule has 113 heavy (non-hydrogen) atoms. The van der Waals surface area contributed by atoms with E-state index < -0.39 is 0 Å². The molecule has 7 heterocycles. The zero-order valence-corrected chi connectivity index (χ0v) is 81.1. The molecule has 584 valence electrons. The summed E-state index contributed by atoms with van der Waals surface area (Å²) in [5.74, 6) is 0. The Bertz CT molecular complexity index is 5830. The normalized spacial score (nSPS) is 12.0. The minimum atomic E-state index is -0.0180. The molecule has 3 aliphatic rings. The predicted molar refractivity (Wildman–Crippen MR) is 456 cm³/mol. The number of pyridine rings is 5.